The van der Waals surface area contributed by atoms with Gasteiger partial charge < -0.3 is 25.6 Å². The number of alkyl carbamates (subject to hydrolysis) is 1. The molecule has 1 amide bonds. The number of carbonyl (C=O) groups excluding carboxylic acids is 1. The molecule has 1 saturated heterocycles. The number of ether oxygens (including phenoxy) is 1. The Kier molecular flexibility index (Phi) is 7.20. The Labute approximate surface area is 159 Å². The van der Waals surface area contributed by atoms with Gasteiger partial charge in [-0.25, -0.2) is 14.2 Å². The minimum absolute atomic E-state index is 0.136. The second-order valence-corrected chi connectivity index (χ2v) is 7.31. The van der Waals surface area contributed by atoms with E-state index < -0.39 is 11.7 Å². The molecular weight excluding hydrogens is 351 g/mol. The highest BCUT2D eigenvalue weighted by molar-refractivity contribution is 5.80. The maximum atomic E-state index is 13.9. The van der Waals surface area contributed by atoms with Crippen molar-refractivity contribution in [3.63, 3.8) is 0 Å². The average molecular weight is 380 g/mol. The third-order valence-electron chi connectivity index (χ3n) is 3.88. The van der Waals surface area contributed by atoms with Gasteiger partial charge in [-0.3, -0.25) is 4.99 Å². The van der Waals surface area contributed by atoms with Crippen LogP contribution in [0.15, 0.2) is 23.3 Å². The fourth-order valence-corrected chi connectivity index (χ4v) is 2.73. The van der Waals surface area contributed by atoms with E-state index in [0.29, 0.717) is 31.4 Å². The van der Waals surface area contributed by atoms with Crippen molar-refractivity contribution in [2.45, 2.75) is 38.8 Å². The minimum atomic E-state index is -0.517. The molecule has 1 atom stereocenters. The van der Waals surface area contributed by atoms with Gasteiger partial charge in [0.05, 0.1) is 0 Å². The summed E-state index contributed by atoms with van der Waals surface area (Å²) < 4.78 is 19.0. The van der Waals surface area contributed by atoms with Gasteiger partial charge in [-0.05, 0) is 39.3 Å². The van der Waals surface area contributed by atoms with Crippen LogP contribution in [0.3, 0.4) is 0 Å². The van der Waals surface area contributed by atoms with Gasteiger partial charge in [-0.1, -0.05) is 0 Å². The molecule has 0 spiro atoms. The van der Waals surface area contributed by atoms with Crippen molar-refractivity contribution in [3.05, 3.63) is 24.1 Å². The lowest BCUT2D eigenvalue weighted by Gasteiger charge is -2.21. The summed E-state index contributed by atoms with van der Waals surface area (Å²) in [6.45, 7) is 7.73. The van der Waals surface area contributed by atoms with Gasteiger partial charge in [0.2, 0.25) is 0 Å². The maximum absolute atomic E-state index is 13.9. The Hall–Kier alpha value is -2.58. The number of pyridine rings is 1. The summed E-state index contributed by atoms with van der Waals surface area (Å²) in [5.41, 5.74) is -0.517. The van der Waals surface area contributed by atoms with Crippen LogP contribution in [0.4, 0.5) is 15.0 Å². The van der Waals surface area contributed by atoms with Crippen LogP contribution in [0.25, 0.3) is 0 Å². The predicted molar refractivity (Wildman–Crippen MR) is 104 cm³/mol. The first-order chi connectivity index (χ1) is 12.8. The lowest BCUT2D eigenvalue weighted by atomic mass is 10.2. The molecule has 0 bridgehead atoms. The van der Waals surface area contributed by atoms with Crippen molar-refractivity contribution >= 4 is 17.9 Å². The molecule has 0 radical (unpaired) electrons. The fourth-order valence-electron chi connectivity index (χ4n) is 2.73. The Morgan fingerprint density at radius 2 is 2.15 bits per heavy atom. The Balaban J connectivity index is 1.72. The van der Waals surface area contributed by atoms with E-state index in [2.05, 4.69) is 25.9 Å². The zero-order valence-electron chi connectivity index (χ0n) is 16.4. The number of carbonyl (C=O) groups is 1. The summed E-state index contributed by atoms with van der Waals surface area (Å²) in [7, 11) is 1.68. The average Bonchev–Trinajstić information content (AvgIpc) is 3.04. The van der Waals surface area contributed by atoms with E-state index in [9.17, 15) is 9.18 Å². The van der Waals surface area contributed by atoms with Crippen LogP contribution in [0.1, 0.15) is 27.2 Å². The number of halogens is 1. The van der Waals surface area contributed by atoms with Crippen LogP contribution in [-0.4, -0.2) is 61.9 Å². The molecule has 1 aromatic rings. The normalized spacial score (nSPS) is 17.6. The third kappa shape index (κ3) is 6.92. The summed E-state index contributed by atoms with van der Waals surface area (Å²) in [6.07, 6.45) is 2.00. The van der Waals surface area contributed by atoms with Gasteiger partial charge in [0.25, 0.3) is 0 Å². The monoisotopic (exact) mass is 380 g/mol. The number of rotatable bonds is 5. The highest BCUT2D eigenvalue weighted by Crippen LogP contribution is 2.20. The lowest BCUT2D eigenvalue weighted by molar-refractivity contribution is 0.0529. The number of nitrogens with one attached hydrogen (secondary N) is 3. The van der Waals surface area contributed by atoms with E-state index in [0.717, 1.165) is 13.0 Å². The summed E-state index contributed by atoms with van der Waals surface area (Å²) in [5, 5.41) is 9.14. The second-order valence-electron chi connectivity index (χ2n) is 7.31. The maximum Gasteiger partial charge on any atom is 0.407 e. The fraction of sp³-hybridized carbons (Fsp3) is 0.611. The van der Waals surface area contributed by atoms with Crippen molar-refractivity contribution in [3.8, 4) is 0 Å². The molecule has 2 heterocycles. The molecule has 150 valence electrons. The van der Waals surface area contributed by atoms with Gasteiger partial charge >= 0.3 is 6.09 Å². The number of hydrogen-bond donors (Lipinski definition) is 3. The van der Waals surface area contributed by atoms with Crippen molar-refractivity contribution in [2.24, 2.45) is 4.99 Å². The molecule has 3 N–H and O–H groups in total. The molecule has 0 aromatic carbocycles. The number of hydrogen-bond acceptors (Lipinski definition) is 5. The van der Waals surface area contributed by atoms with Crippen LogP contribution < -0.4 is 20.9 Å². The van der Waals surface area contributed by atoms with Crippen LogP contribution in [0.5, 0.6) is 0 Å². The topological polar surface area (TPSA) is 90.9 Å². The molecule has 1 unspecified atom stereocenters. The number of anilines is 1. The zero-order chi connectivity index (χ0) is 19.9. The first-order valence-electron chi connectivity index (χ1n) is 9.08. The molecule has 1 aromatic heterocycles. The minimum Gasteiger partial charge on any atom is -0.444 e. The molecule has 27 heavy (non-hydrogen) atoms. The largest absolute Gasteiger partial charge is 0.444 e. The van der Waals surface area contributed by atoms with Crippen LogP contribution in [0, 0.1) is 5.82 Å². The number of amides is 1. The Morgan fingerprint density at radius 3 is 2.81 bits per heavy atom. The summed E-state index contributed by atoms with van der Waals surface area (Å²) in [5.74, 6) is 0.703. The number of aromatic nitrogens is 1. The number of nitrogens with zero attached hydrogens (tertiary/aromatic N) is 3. The van der Waals surface area contributed by atoms with Crippen LogP contribution in [0.2, 0.25) is 0 Å². The summed E-state index contributed by atoms with van der Waals surface area (Å²) in [4.78, 5) is 21.8. The first-order valence-corrected chi connectivity index (χ1v) is 9.08. The van der Waals surface area contributed by atoms with Gasteiger partial charge in [-0.15, -0.1) is 0 Å². The SMILES string of the molecule is CN=C(NCCNC(=O)OC(C)(C)C)NC1CCN(c2ncccc2F)C1. The Bertz CT molecular complexity index is 661. The van der Waals surface area contributed by atoms with Gasteiger partial charge in [-0.2, -0.15) is 0 Å². The van der Waals surface area contributed by atoms with E-state index in [1.807, 2.05) is 25.7 Å². The summed E-state index contributed by atoms with van der Waals surface area (Å²) >= 11 is 0. The van der Waals surface area contributed by atoms with Gasteiger partial charge in [0.15, 0.2) is 17.6 Å². The van der Waals surface area contributed by atoms with Crippen molar-refractivity contribution in [1.82, 2.24) is 20.9 Å². The van der Waals surface area contributed by atoms with E-state index in [-0.39, 0.29) is 11.9 Å². The lowest BCUT2D eigenvalue weighted by Crippen LogP contribution is -2.47. The smallest absolute Gasteiger partial charge is 0.407 e. The number of aliphatic imine (C=N–C) groups is 1. The third-order valence-corrected chi connectivity index (χ3v) is 3.88. The molecule has 9 heteroatoms. The van der Waals surface area contributed by atoms with Gasteiger partial charge in [0, 0.05) is 45.5 Å². The molecule has 1 fully saturated rings. The van der Waals surface area contributed by atoms with Crippen LogP contribution >= 0.6 is 0 Å². The Morgan fingerprint density at radius 1 is 1.41 bits per heavy atom. The molecule has 0 aliphatic carbocycles. The summed E-state index contributed by atoms with van der Waals surface area (Å²) in [6, 6.07) is 3.14. The zero-order valence-corrected chi connectivity index (χ0v) is 16.4. The molecule has 1 aliphatic heterocycles. The van der Waals surface area contributed by atoms with Crippen LogP contribution in [-0.2, 0) is 4.74 Å². The second kappa shape index (κ2) is 9.38. The van der Waals surface area contributed by atoms with E-state index >= 15 is 0 Å². The first kappa shape index (κ1) is 20.7. The quantitative estimate of drug-likeness (QED) is 0.407. The van der Waals surface area contributed by atoms with Crippen molar-refractivity contribution in [1.29, 1.82) is 0 Å². The molecular formula is C18H29FN6O2. The van der Waals surface area contributed by atoms with Gasteiger partial charge in [0.1, 0.15) is 5.60 Å². The molecule has 8 nitrogen and oxygen atoms in total. The standard InChI is InChI=1S/C18H29FN6O2/c1-18(2,3)27-17(26)23-10-9-22-16(20-4)24-13-7-11-25(12-13)15-14(19)6-5-8-21-15/h5-6,8,13H,7,9-12H2,1-4H3,(H,23,26)(H2,20,22,24). The highest BCUT2D eigenvalue weighted by atomic mass is 19.1. The van der Waals surface area contributed by atoms with E-state index in [1.54, 1.807) is 19.3 Å². The molecule has 1 aliphatic rings. The van der Waals surface area contributed by atoms with Crippen molar-refractivity contribution in [2.75, 3.05) is 38.1 Å². The van der Waals surface area contributed by atoms with E-state index in [1.165, 1.54) is 6.07 Å². The highest BCUT2D eigenvalue weighted by Gasteiger charge is 2.25. The van der Waals surface area contributed by atoms with Crippen molar-refractivity contribution < 1.29 is 13.9 Å². The van der Waals surface area contributed by atoms with E-state index in [4.69, 9.17) is 4.74 Å². The predicted octanol–water partition coefficient (Wildman–Crippen LogP) is 1.49. The molecule has 0 saturated carbocycles. The number of guanidine groups is 1. The molecule has 2 rings (SSSR count).